The van der Waals surface area contributed by atoms with Crippen LogP contribution in [-0.4, -0.2) is 28.1 Å². The highest BCUT2D eigenvalue weighted by atomic mass is 35.5. The van der Waals surface area contributed by atoms with Gasteiger partial charge in [0.2, 0.25) is 0 Å². The van der Waals surface area contributed by atoms with Crippen LogP contribution in [0.2, 0.25) is 5.02 Å². The van der Waals surface area contributed by atoms with Gasteiger partial charge in [-0.2, -0.15) is 13.2 Å². The molecular formula is C29H20ClF4NO4. The van der Waals surface area contributed by atoms with Crippen LogP contribution < -0.4 is 5.32 Å². The number of carboxylic acids is 1. The van der Waals surface area contributed by atoms with E-state index in [1.54, 1.807) is 30.3 Å². The minimum atomic E-state index is -4.56. The number of halogens is 5. The van der Waals surface area contributed by atoms with E-state index in [4.69, 9.17) is 11.6 Å². The number of benzene rings is 4. The third-order valence-electron chi connectivity index (χ3n) is 6.01. The van der Waals surface area contributed by atoms with Crippen LogP contribution in [0.4, 0.5) is 17.6 Å². The van der Waals surface area contributed by atoms with Crippen LogP contribution >= 0.6 is 11.6 Å². The number of phenols is 1. The van der Waals surface area contributed by atoms with Crippen molar-refractivity contribution in [2.75, 3.05) is 0 Å². The molecule has 0 saturated heterocycles. The minimum Gasteiger partial charge on any atom is -0.507 e. The van der Waals surface area contributed by atoms with Gasteiger partial charge in [-0.15, -0.1) is 0 Å². The first kappa shape index (κ1) is 27.7. The molecule has 0 spiro atoms. The van der Waals surface area contributed by atoms with E-state index in [1.165, 1.54) is 36.4 Å². The Bertz CT molecular complexity index is 1540. The van der Waals surface area contributed by atoms with Crippen molar-refractivity contribution in [2.45, 2.75) is 18.6 Å². The van der Waals surface area contributed by atoms with Crippen LogP contribution in [0.1, 0.15) is 21.5 Å². The molecule has 10 heteroatoms. The second kappa shape index (κ2) is 11.2. The van der Waals surface area contributed by atoms with Crippen molar-refractivity contribution in [3.05, 3.63) is 112 Å². The first-order chi connectivity index (χ1) is 18.4. The van der Waals surface area contributed by atoms with Crippen molar-refractivity contribution >= 4 is 23.5 Å². The first-order valence-electron chi connectivity index (χ1n) is 11.5. The maximum absolute atomic E-state index is 13.4. The number of phenolic OH excluding ortho intramolecular Hbond substituents is 1. The molecule has 1 atom stereocenters. The predicted octanol–water partition coefficient (Wildman–Crippen LogP) is 6.96. The zero-order valence-corrected chi connectivity index (χ0v) is 20.7. The lowest BCUT2D eigenvalue weighted by Gasteiger charge is -2.16. The molecule has 0 heterocycles. The number of nitrogens with one attached hydrogen (secondary N) is 1. The molecule has 3 N–H and O–H groups in total. The Labute approximate surface area is 225 Å². The highest BCUT2D eigenvalue weighted by molar-refractivity contribution is 6.31. The van der Waals surface area contributed by atoms with Crippen molar-refractivity contribution < 1.29 is 37.4 Å². The second-order valence-corrected chi connectivity index (χ2v) is 9.11. The van der Waals surface area contributed by atoms with Gasteiger partial charge >= 0.3 is 12.1 Å². The number of carbonyl (C=O) groups excluding carboxylic acids is 1. The zero-order valence-electron chi connectivity index (χ0n) is 20.0. The third-order valence-corrected chi connectivity index (χ3v) is 6.30. The van der Waals surface area contributed by atoms with Crippen LogP contribution in [0.15, 0.2) is 84.9 Å². The summed E-state index contributed by atoms with van der Waals surface area (Å²) in [5.41, 5.74) is 1.17. The van der Waals surface area contributed by atoms with Gasteiger partial charge in [0.15, 0.2) is 0 Å². The van der Waals surface area contributed by atoms with Gasteiger partial charge in [0.05, 0.1) is 16.1 Å². The fourth-order valence-corrected chi connectivity index (χ4v) is 4.13. The van der Waals surface area contributed by atoms with Crippen molar-refractivity contribution in [2.24, 2.45) is 0 Å². The summed E-state index contributed by atoms with van der Waals surface area (Å²) in [7, 11) is 0. The first-order valence-corrected chi connectivity index (χ1v) is 11.9. The van der Waals surface area contributed by atoms with Gasteiger partial charge in [-0.05, 0) is 64.2 Å². The molecule has 0 aliphatic rings. The molecule has 0 aliphatic carbocycles. The average molecular weight is 558 g/mol. The summed E-state index contributed by atoms with van der Waals surface area (Å²) in [5, 5.41) is 22.2. The molecule has 39 heavy (non-hydrogen) atoms. The van der Waals surface area contributed by atoms with Gasteiger partial charge in [0.1, 0.15) is 17.6 Å². The Morgan fingerprint density at radius 2 is 1.46 bits per heavy atom. The van der Waals surface area contributed by atoms with Crippen LogP contribution in [0.5, 0.6) is 5.75 Å². The quantitative estimate of drug-likeness (QED) is 0.214. The highest BCUT2D eigenvalue weighted by Crippen LogP contribution is 2.33. The van der Waals surface area contributed by atoms with Crippen molar-refractivity contribution in [1.29, 1.82) is 0 Å². The molecule has 0 saturated carbocycles. The molecule has 4 rings (SSSR count). The van der Waals surface area contributed by atoms with Gasteiger partial charge in [-0.25, -0.2) is 9.18 Å². The van der Waals surface area contributed by atoms with Crippen molar-refractivity contribution in [1.82, 2.24) is 5.32 Å². The van der Waals surface area contributed by atoms with Gasteiger partial charge in [0, 0.05) is 6.42 Å². The van der Waals surface area contributed by atoms with E-state index >= 15 is 0 Å². The fourth-order valence-electron chi connectivity index (χ4n) is 3.95. The predicted molar refractivity (Wildman–Crippen MR) is 138 cm³/mol. The summed E-state index contributed by atoms with van der Waals surface area (Å²) in [4.78, 5) is 24.8. The van der Waals surface area contributed by atoms with Crippen LogP contribution in [-0.2, 0) is 17.4 Å². The Morgan fingerprint density at radius 3 is 2.10 bits per heavy atom. The smallest absolute Gasteiger partial charge is 0.416 e. The zero-order chi connectivity index (χ0) is 28.3. The summed E-state index contributed by atoms with van der Waals surface area (Å²) in [5.74, 6) is -3.25. The number of hydrogen-bond donors (Lipinski definition) is 3. The van der Waals surface area contributed by atoms with E-state index in [-0.39, 0.29) is 28.1 Å². The van der Waals surface area contributed by atoms with E-state index in [0.29, 0.717) is 16.7 Å². The molecular weight excluding hydrogens is 538 g/mol. The Hall–Kier alpha value is -4.37. The molecule has 200 valence electrons. The maximum Gasteiger partial charge on any atom is 0.416 e. The lowest BCUT2D eigenvalue weighted by molar-refractivity contribution is -0.139. The standard InChI is InChI=1S/C29H20ClF4NO4/c30-23-15-20(8-10-24(23)31)17-6-4-16(5-7-17)12-25(28(38)39)35-27(37)22-14-19(9-11-26(22)36)18-2-1-3-21(13-18)29(32,33)34/h1-11,13-15,25,36H,12H2,(H,35,37)(H,38,39). The van der Waals surface area contributed by atoms with Gasteiger partial charge in [-0.1, -0.05) is 60.1 Å². The van der Waals surface area contributed by atoms with Crippen molar-refractivity contribution in [3.63, 3.8) is 0 Å². The average Bonchev–Trinajstić information content (AvgIpc) is 2.90. The number of rotatable bonds is 7. The van der Waals surface area contributed by atoms with E-state index in [1.807, 2.05) is 0 Å². The van der Waals surface area contributed by atoms with Crippen LogP contribution in [0.25, 0.3) is 22.3 Å². The number of amides is 1. The number of aliphatic carboxylic acids is 1. The normalized spacial score (nSPS) is 12.1. The SMILES string of the molecule is O=C(NC(Cc1ccc(-c2ccc(F)c(Cl)c2)cc1)C(=O)O)c1cc(-c2cccc(C(F)(F)F)c2)ccc1O. The Balaban J connectivity index is 1.52. The largest absolute Gasteiger partial charge is 0.507 e. The molecule has 0 aliphatic heterocycles. The Kier molecular flexibility index (Phi) is 7.92. The summed E-state index contributed by atoms with van der Waals surface area (Å²) in [6.45, 7) is 0. The number of alkyl halides is 3. The number of carbonyl (C=O) groups is 2. The number of hydrogen-bond acceptors (Lipinski definition) is 3. The van der Waals surface area contributed by atoms with Crippen molar-refractivity contribution in [3.8, 4) is 28.0 Å². The molecule has 0 bridgehead atoms. The molecule has 0 radical (unpaired) electrons. The molecule has 0 aromatic heterocycles. The lowest BCUT2D eigenvalue weighted by Crippen LogP contribution is -2.42. The number of carboxylic acid groups (broad SMARTS) is 1. The summed E-state index contributed by atoms with van der Waals surface area (Å²) >= 11 is 5.83. The monoisotopic (exact) mass is 557 g/mol. The summed E-state index contributed by atoms with van der Waals surface area (Å²) in [6.07, 6.45) is -4.66. The van der Waals surface area contributed by atoms with E-state index in [9.17, 15) is 37.4 Å². The fraction of sp³-hybridized carbons (Fsp3) is 0.103. The van der Waals surface area contributed by atoms with Gasteiger partial charge in [0.25, 0.3) is 5.91 Å². The second-order valence-electron chi connectivity index (χ2n) is 8.70. The molecule has 1 unspecified atom stereocenters. The summed E-state index contributed by atoms with van der Waals surface area (Å²) in [6, 6.07) is 17.8. The van der Waals surface area contributed by atoms with Gasteiger partial charge < -0.3 is 15.5 Å². The molecule has 1 amide bonds. The van der Waals surface area contributed by atoms with E-state index in [2.05, 4.69) is 5.32 Å². The van der Waals surface area contributed by atoms with E-state index < -0.39 is 41.2 Å². The minimum absolute atomic E-state index is 0.0365. The third kappa shape index (κ3) is 6.56. The maximum atomic E-state index is 13.4. The summed E-state index contributed by atoms with van der Waals surface area (Å²) < 4.78 is 52.8. The molecule has 5 nitrogen and oxygen atoms in total. The lowest BCUT2D eigenvalue weighted by atomic mass is 9.99. The van der Waals surface area contributed by atoms with Crippen LogP contribution in [0, 0.1) is 5.82 Å². The Morgan fingerprint density at radius 1 is 0.846 bits per heavy atom. The van der Waals surface area contributed by atoms with Gasteiger partial charge in [-0.3, -0.25) is 4.79 Å². The van der Waals surface area contributed by atoms with Crippen LogP contribution in [0.3, 0.4) is 0 Å². The topological polar surface area (TPSA) is 86.6 Å². The molecule has 4 aromatic rings. The molecule has 0 fully saturated rings. The van der Waals surface area contributed by atoms with E-state index in [0.717, 1.165) is 18.2 Å². The molecule has 4 aromatic carbocycles. The highest BCUT2D eigenvalue weighted by Gasteiger charge is 2.30. The number of aromatic hydroxyl groups is 1.